The fraction of sp³-hybridized carbons (Fsp3) is 0.500. The van der Waals surface area contributed by atoms with Crippen LogP contribution in [0, 0.1) is 11.8 Å². The van der Waals surface area contributed by atoms with Gasteiger partial charge in [-0.05, 0) is 12.8 Å². The third kappa shape index (κ3) is 3.58. The minimum absolute atomic E-state index is 0.126. The molecule has 1 saturated heterocycles. The van der Waals surface area contributed by atoms with Gasteiger partial charge in [0.25, 0.3) is 0 Å². The van der Waals surface area contributed by atoms with E-state index < -0.39 is 7.95 Å². The van der Waals surface area contributed by atoms with Gasteiger partial charge in [0.1, 0.15) is 0 Å². The Labute approximate surface area is 134 Å². The van der Waals surface area contributed by atoms with Crippen molar-refractivity contribution in [2.45, 2.75) is 12.8 Å². The van der Waals surface area contributed by atoms with Crippen LogP contribution < -0.4 is 5.32 Å². The summed E-state index contributed by atoms with van der Waals surface area (Å²) in [5, 5.41) is 5.53. The number of nitrogens with one attached hydrogen (secondary N) is 1. The summed E-state index contributed by atoms with van der Waals surface area (Å²) >= 11 is 0. The molecule has 0 spiro atoms. The number of rotatable bonds is 6. The fourth-order valence-electron chi connectivity index (χ4n) is 3.25. The first-order chi connectivity index (χ1) is 10.8. The van der Waals surface area contributed by atoms with E-state index in [2.05, 4.69) is 28.2 Å². The second kappa shape index (κ2) is 7.66. The summed E-state index contributed by atoms with van der Waals surface area (Å²) < 4.78 is 25.7. The van der Waals surface area contributed by atoms with Crippen LogP contribution in [0.5, 0.6) is 0 Å². The molecule has 118 valence electrons. The lowest BCUT2D eigenvalue weighted by Crippen LogP contribution is -2.30. The molecule has 6 heteroatoms. The normalized spacial score (nSPS) is 31.2. The van der Waals surface area contributed by atoms with Gasteiger partial charge in [-0.15, -0.1) is 0 Å². The molecule has 0 aromatic rings. The Kier molecular flexibility index (Phi) is 5.60. The van der Waals surface area contributed by atoms with Gasteiger partial charge in [0.05, 0.1) is 0 Å². The number of nitrogens with zero attached hydrogens (tertiary/aromatic N) is 1. The highest BCUT2D eigenvalue weighted by atomic mass is 31.1. The smallest absolute Gasteiger partial charge is 0.188 e. The first-order valence-corrected chi connectivity index (χ1v) is 10.0. The Morgan fingerprint density at radius 2 is 2.32 bits per heavy atom. The maximum Gasteiger partial charge on any atom is 0.188 e. The maximum atomic E-state index is 12.5. The van der Waals surface area contributed by atoms with Crippen molar-refractivity contribution in [1.29, 1.82) is 0 Å². The minimum Gasteiger partial charge on any atom is -0.315 e. The average Bonchev–Trinajstić information content (AvgIpc) is 2.88. The second-order valence-electron chi connectivity index (χ2n) is 5.93. The van der Waals surface area contributed by atoms with Crippen LogP contribution in [0.25, 0.3) is 0 Å². The lowest BCUT2D eigenvalue weighted by atomic mass is 10.0. The summed E-state index contributed by atoms with van der Waals surface area (Å²) in [6, 6.07) is 0. The van der Waals surface area contributed by atoms with Gasteiger partial charge >= 0.3 is 0 Å². The number of fused-ring (bicyclic) bond motifs is 1. The van der Waals surface area contributed by atoms with E-state index in [1.807, 2.05) is 18.2 Å². The molecular formula is C16H22N2O2P2. The number of hydrogen-bond donors (Lipinski definition) is 1. The number of hydrogen-bond acceptors (Lipinski definition) is 3. The molecule has 1 N–H and O–H groups in total. The summed E-state index contributed by atoms with van der Waals surface area (Å²) in [6.07, 6.45) is 14.4. The van der Waals surface area contributed by atoms with Crippen LogP contribution in [0.15, 0.2) is 47.1 Å². The average molecular weight is 336 g/mol. The molecule has 3 atom stereocenters. The maximum absolute atomic E-state index is 12.5. The molecule has 0 aromatic carbocycles. The molecular weight excluding hydrogens is 314 g/mol. The van der Waals surface area contributed by atoms with Crippen LogP contribution in [0.1, 0.15) is 12.8 Å². The van der Waals surface area contributed by atoms with Gasteiger partial charge in [0, 0.05) is 48.6 Å². The van der Waals surface area contributed by atoms with Crippen LogP contribution in [0.4, 0.5) is 0 Å². The van der Waals surface area contributed by atoms with Crippen LogP contribution in [-0.4, -0.2) is 30.8 Å². The second-order valence-corrected chi connectivity index (χ2v) is 8.45. The molecule has 1 heterocycles. The predicted molar refractivity (Wildman–Crippen MR) is 91.7 cm³/mol. The molecule has 2 aliphatic carbocycles. The highest BCUT2D eigenvalue weighted by molar-refractivity contribution is 7.47. The zero-order valence-corrected chi connectivity index (χ0v) is 14.5. The quantitative estimate of drug-likeness (QED) is 0.458. The zero-order valence-electron chi connectivity index (χ0n) is 12.6. The zero-order chi connectivity index (χ0) is 15.4. The van der Waals surface area contributed by atoms with E-state index in [9.17, 15) is 9.13 Å². The molecule has 22 heavy (non-hydrogen) atoms. The molecule has 1 aliphatic heterocycles. The van der Waals surface area contributed by atoms with Crippen LogP contribution in [0.2, 0.25) is 0 Å². The fourth-order valence-corrected chi connectivity index (χ4v) is 5.61. The predicted octanol–water partition coefficient (Wildman–Crippen LogP) is 3.58. The van der Waals surface area contributed by atoms with Crippen molar-refractivity contribution in [2.24, 2.45) is 11.8 Å². The van der Waals surface area contributed by atoms with Crippen molar-refractivity contribution >= 4 is 16.4 Å². The molecule has 0 saturated carbocycles. The van der Waals surface area contributed by atoms with Crippen molar-refractivity contribution in [3.63, 3.8) is 0 Å². The summed E-state index contributed by atoms with van der Waals surface area (Å²) in [7, 11) is -1.61. The van der Waals surface area contributed by atoms with Gasteiger partial charge in [-0.1, -0.05) is 36.5 Å². The van der Waals surface area contributed by atoms with E-state index >= 15 is 0 Å². The van der Waals surface area contributed by atoms with Gasteiger partial charge in [0.2, 0.25) is 0 Å². The van der Waals surface area contributed by atoms with Gasteiger partial charge in [-0.2, -0.15) is 0 Å². The molecule has 0 bridgehead atoms. The Bertz CT molecular complexity index is 581. The molecule has 3 aliphatic rings. The largest absolute Gasteiger partial charge is 0.315 e. The Morgan fingerprint density at radius 3 is 3.14 bits per heavy atom. The first-order valence-electron chi connectivity index (χ1n) is 7.86. The first kappa shape index (κ1) is 16.1. The molecule has 0 aromatic heterocycles. The Balaban J connectivity index is 1.43. The van der Waals surface area contributed by atoms with Crippen molar-refractivity contribution in [3.05, 3.63) is 47.1 Å². The van der Waals surface area contributed by atoms with Crippen molar-refractivity contribution in [2.75, 3.05) is 26.2 Å². The van der Waals surface area contributed by atoms with Crippen molar-refractivity contribution in [3.8, 4) is 0 Å². The van der Waals surface area contributed by atoms with Crippen molar-refractivity contribution < 1.29 is 9.13 Å². The standard InChI is InChI=1S/C16H22N2O2P2/c19-21-15-7-3-1-5-13(15)11-17-9-10-18-12-14-6-2-4-8-16(14)22(18)20/h1-2,4-5,7-8,13-14,17,22H,3,6,9-12H2/t13-,14-/m1/s1. The summed E-state index contributed by atoms with van der Waals surface area (Å²) in [4.78, 5) is 0. The van der Waals surface area contributed by atoms with Crippen LogP contribution >= 0.6 is 16.4 Å². The SMILES string of the molecule is O=PC1=CCC=C[C@@H]1CNCCN1C[C@H]2CC=CC=C2[PH]1=O. The molecule has 4 nitrogen and oxygen atoms in total. The Morgan fingerprint density at radius 1 is 1.41 bits per heavy atom. The summed E-state index contributed by atoms with van der Waals surface area (Å²) in [5.41, 5.74) is 0. The van der Waals surface area contributed by atoms with E-state index in [4.69, 9.17) is 0 Å². The van der Waals surface area contributed by atoms with E-state index in [0.717, 1.165) is 49.6 Å². The molecule has 0 amide bonds. The molecule has 1 unspecified atom stereocenters. The molecule has 0 radical (unpaired) electrons. The molecule has 1 fully saturated rings. The highest BCUT2D eigenvalue weighted by Gasteiger charge is 2.33. The lowest BCUT2D eigenvalue weighted by molar-refractivity contribution is 0.405. The molecule has 3 rings (SSSR count). The van der Waals surface area contributed by atoms with Crippen LogP contribution in [0.3, 0.4) is 0 Å². The van der Waals surface area contributed by atoms with Gasteiger partial charge in [-0.25, -0.2) is 0 Å². The third-order valence-electron chi connectivity index (χ3n) is 4.49. The van der Waals surface area contributed by atoms with E-state index in [-0.39, 0.29) is 14.4 Å². The van der Waals surface area contributed by atoms with Crippen LogP contribution in [-0.2, 0) is 9.13 Å². The van der Waals surface area contributed by atoms with Crippen molar-refractivity contribution in [1.82, 2.24) is 9.99 Å². The van der Waals surface area contributed by atoms with E-state index in [1.165, 1.54) is 0 Å². The van der Waals surface area contributed by atoms with E-state index in [1.54, 1.807) is 0 Å². The summed E-state index contributed by atoms with van der Waals surface area (Å²) in [6.45, 7) is 3.34. The highest BCUT2D eigenvalue weighted by Crippen LogP contribution is 2.50. The third-order valence-corrected chi connectivity index (χ3v) is 7.26. The lowest BCUT2D eigenvalue weighted by Gasteiger charge is -2.18. The van der Waals surface area contributed by atoms with Gasteiger partial charge in [0.15, 0.2) is 16.4 Å². The monoisotopic (exact) mass is 336 g/mol. The Hall–Kier alpha value is -0.790. The number of allylic oxidation sites excluding steroid dienone is 5. The van der Waals surface area contributed by atoms with Gasteiger partial charge in [-0.3, -0.25) is 9.24 Å². The topological polar surface area (TPSA) is 49.4 Å². The minimum atomic E-state index is -1.74. The summed E-state index contributed by atoms with van der Waals surface area (Å²) in [5.74, 6) is 0.685. The van der Waals surface area contributed by atoms with E-state index in [0.29, 0.717) is 5.92 Å². The van der Waals surface area contributed by atoms with Gasteiger partial charge < -0.3 is 9.88 Å².